The standard InChI is InChI=1S/C17H15BrN2O5/c1-11(13-3-5-14(18)6-4-13)19-17(22)10-25-16-7-2-12(9-21)8-15(16)20(23)24/h2-9,11H,10H2,1H3,(H,19,22)/t11-/m1/s1. The fourth-order valence-corrected chi connectivity index (χ4v) is 2.40. The van der Waals surface area contributed by atoms with Crippen LogP contribution in [0.15, 0.2) is 46.9 Å². The first-order valence-corrected chi connectivity index (χ1v) is 8.11. The first-order valence-electron chi connectivity index (χ1n) is 7.32. The van der Waals surface area contributed by atoms with Crippen molar-refractivity contribution >= 4 is 33.8 Å². The van der Waals surface area contributed by atoms with E-state index in [4.69, 9.17) is 4.74 Å². The third-order valence-corrected chi connectivity index (χ3v) is 3.95. The Morgan fingerprint density at radius 1 is 1.32 bits per heavy atom. The lowest BCUT2D eigenvalue weighted by molar-refractivity contribution is -0.385. The molecule has 8 heteroatoms. The zero-order chi connectivity index (χ0) is 18.4. The van der Waals surface area contributed by atoms with Crippen molar-refractivity contribution in [2.75, 3.05) is 6.61 Å². The molecular formula is C17H15BrN2O5. The van der Waals surface area contributed by atoms with Crippen molar-refractivity contribution < 1.29 is 19.2 Å². The average molecular weight is 407 g/mol. The molecule has 130 valence electrons. The maximum Gasteiger partial charge on any atom is 0.311 e. The van der Waals surface area contributed by atoms with Gasteiger partial charge in [-0.2, -0.15) is 0 Å². The largest absolute Gasteiger partial charge is 0.477 e. The first kappa shape index (κ1) is 18.6. The molecule has 2 rings (SSSR count). The summed E-state index contributed by atoms with van der Waals surface area (Å²) in [4.78, 5) is 33.1. The van der Waals surface area contributed by atoms with E-state index >= 15 is 0 Å². The predicted octanol–water partition coefficient (Wildman–Crippen LogP) is 3.43. The van der Waals surface area contributed by atoms with Crippen LogP contribution < -0.4 is 10.1 Å². The summed E-state index contributed by atoms with van der Waals surface area (Å²) in [6, 6.07) is 11.0. The summed E-state index contributed by atoms with van der Waals surface area (Å²) < 4.78 is 6.17. The van der Waals surface area contributed by atoms with Crippen molar-refractivity contribution in [3.63, 3.8) is 0 Å². The molecule has 0 aliphatic carbocycles. The normalized spacial score (nSPS) is 11.4. The Morgan fingerprint density at radius 3 is 2.60 bits per heavy atom. The number of amides is 1. The summed E-state index contributed by atoms with van der Waals surface area (Å²) in [5, 5.41) is 13.8. The van der Waals surface area contributed by atoms with Crippen LogP contribution in [0.2, 0.25) is 0 Å². The molecule has 0 radical (unpaired) electrons. The summed E-state index contributed by atoms with van der Waals surface area (Å²) in [7, 11) is 0. The second-order valence-corrected chi connectivity index (χ2v) is 6.15. The summed E-state index contributed by atoms with van der Waals surface area (Å²) in [6.45, 7) is 1.45. The van der Waals surface area contributed by atoms with Crippen molar-refractivity contribution in [2.24, 2.45) is 0 Å². The number of benzene rings is 2. The zero-order valence-electron chi connectivity index (χ0n) is 13.3. The summed E-state index contributed by atoms with van der Waals surface area (Å²) in [6.07, 6.45) is 0.503. The van der Waals surface area contributed by atoms with E-state index in [9.17, 15) is 19.7 Å². The first-order chi connectivity index (χ1) is 11.9. The van der Waals surface area contributed by atoms with Crippen LogP contribution in [-0.2, 0) is 4.79 Å². The number of rotatable bonds is 7. The zero-order valence-corrected chi connectivity index (χ0v) is 14.9. The summed E-state index contributed by atoms with van der Waals surface area (Å²) in [5.74, 6) is -0.480. The van der Waals surface area contributed by atoms with Crippen molar-refractivity contribution in [3.8, 4) is 5.75 Å². The number of ether oxygens (including phenoxy) is 1. The smallest absolute Gasteiger partial charge is 0.311 e. The van der Waals surface area contributed by atoms with Crippen molar-refractivity contribution in [1.29, 1.82) is 0 Å². The molecule has 1 amide bonds. The van der Waals surface area contributed by atoms with Gasteiger partial charge >= 0.3 is 5.69 Å². The Hall–Kier alpha value is -2.74. The molecule has 2 aromatic carbocycles. The number of nitrogens with one attached hydrogen (secondary N) is 1. The Morgan fingerprint density at radius 2 is 2.00 bits per heavy atom. The number of aldehydes is 1. The summed E-state index contributed by atoms with van der Waals surface area (Å²) in [5.41, 5.74) is 0.712. The van der Waals surface area contributed by atoms with E-state index in [0.717, 1.165) is 16.1 Å². The van der Waals surface area contributed by atoms with Crippen molar-refractivity contribution in [3.05, 3.63) is 68.2 Å². The van der Waals surface area contributed by atoms with Crippen LogP contribution in [0.4, 0.5) is 5.69 Å². The number of carbonyl (C=O) groups is 2. The van der Waals surface area contributed by atoms with Gasteiger partial charge in [-0.3, -0.25) is 19.7 Å². The Balaban J connectivity index is 1.99. The molecule has 0 fully saturated rings. The lowest BCUT2D eigenvalue weighted by Gasteiger charge is -2.15. The van der Waals surface area contributed by atoms with Gasteiger partial charge in [-0.15, -0.1) is 0 Å². The maximum absolute atomic E-state index is 12.0. The van der Waals surface area contributed by atoms with E-state index in [1.807, 2.05) is 31.2 Å². The predicted molar refractivity (Wildman–Crippen MR) is 94.7 cm³/mol. The Bertz CT molecular complexity index is 792. The molecule has 0 saturated heterocycles. The van der Waals surface area contributed by atoms with Crippen LogP contribution in [0.3, 0.4) is 0 Å². The van der Waals surface area contributed by atoms with Crippen molar-refractivity contribution in [2.45, 2.75) is 13.0 Å². The fourth-order valence-electron chi connectivity index (χ4n) is 2.13. The third kappa shape index (κ3) is 5.12. The number of carbonyl (C=O) groups excluding carboxylic acids is 2. The molecule has 1 N–H and O–H groups in total. The van der Waals surface area contributed by atoms with Crippen LogP contribution in [0.1, 0.15) is 28.9 Å². The molecule has 0 bridgehead atoms. The fraction of sp³-hybridized carbons (Fsp3) is 0.176. The number of hydrogen-bond acceptors (Lipinski definition) is 5. The minimum Gasteiger partial charge on any atom is -0.477 e. The van der Waals surface area contributed by atoms with E-state index in [1.54, 1.807) is 0 Å². The number of nitrogens with zero attached hydrogens (tertiary/aromatic N) is 1. The second kappa shape index (κ2) is 8.39. The molecule has 0 unspecified atom stereocenters. The minimum absolute atomic E-state index is 0.0676. The topological polar surface area (TPSA) is 98.5 Å². The SMILES string of the molecule is C[C@@H](NC(=O)COc1ccc(C=O)cc1[N+](=O)[O-])c1ccc(Br)cc1. The van der Waals surface area contributed by atoms with Gasteiger partial charge in [-0.1, -0.05) is 28.1 Å². The van der Waals surface area contributed by atoms with Crippen LogP contribution in [0, 0.1) is 10.1 Å². The number of halogens is 1. The average Bonchev–Trinajstić information content (AvgIpc) is 2.60. The highest BCUT2D eigenvalue weighted by Crippen LogP contribution is 2.27. The van der Waals surface area contributed by atoms with Gasteiger partial charge in [0.05, 0.1) is 11.0 Å². The number of nitro benzene ring substituents is 1. The van der Waals surface area contributed by atoms with Crippen LogP contribution in [-0.4, -0.2) is 23.7 Å². The maximum atomic E-state index is 12.0. The van der Waals surface area contributed by atoms with Gasteiger partial charge in [-0.25, -0.2) is 0 Å². The van der Waals surface area contributed by atoms with E-state index < -0.39 is 10.8 Å². The van der Waals surface area contributed by atoms with Crippen LogP contribution >= 0.6 is 15.9 Å². The molecular weight excluding hydrogens is 392 g/mol. The molecule has 0 aromatic heterocycles. The van der Waals surface area contributed by atoms with Gasteiger partial charge in [0.25, 0.3) is 5.91 Å². The highest BCUT2D eigenvalue weighted by atomic mass is 79.9. The number of hydrogen-bond donors (Lipinski definition) is 1. The molecule has 25 heavy (non-hydrogen) atoms. The van der Waals surface area contributed by atoms with Gasteiger partial charge in [0, 0.05) is 16.1 Å². The van der Waals surface area contributed by atoms with Gasteiger partial charge in [0.15, 0.2) is 12.4 Å². The van der Waals surface area contributed by atoms with Crippen LogP contribution in [0.5, 0.6) is 5.75 Å². The van der Waals surface area contributed by atoms with E-state index in [0.29, 0.717) is 6.29 Å². The van der Waals surface area contributed by atoms with Gasteiger partial charge in [0.2, 0.25) is 0 Å². The molecule has 0 spiro atoms. The van der Waals surface area contributed by atoms with Gasteiger partial charge < -0.3 is 10.1 Å². The van der Waals surface area contributed by atoms with Crippen molar-refractivity contribution in [1.82, 2.24) is 5.32 Å². The van der Waals surface area contributed by atoms with E-state index in [1.165, 1.54) is 12.1 Å². The van der Waals surface area contributed by atoms with Crippen LogP contribution in [0.25, 0.3) is 0 Å². The molecule has 0 saturated carbocycles. The minimum atomic E-state index is -0.662. The van der Waals surface area contributed by atoms with E-state index in [-0.39, 0.29) is 29.6 Å². The highest BCUT2D eigenvalue weighted by molar-refractivity contribution is 9.10. The lowest BCUT2D eigenvalue weighted by atomic mass is 10.1. The molecule has 7 nitrogen and oxygen atoms in total. The Kier molecular flexibility index (Phi) is 6.24. The van der Waals surface area contributed by atoms with E-state index in [2.05, 4.69) is 21.2 Å². The molecule has 1 atom stereocenters. The number of nitro groups is 1. The van der Waals surface area contributed by atoms with Gasteiger partial charge in [-0.05, 0) is 36.8 Å². The highest BCUT2D eigenvalue weighted by Gasteiger charge is 2.18. The lowest BCUT2D eigenvalue weighted by Crippen LogP contribution is -2.31. The van der Waals surface area contributed by atoms with Gasteiger partial charge in [0.1, 0.15) is 6.29 Å². The third-order valence-electron chi connectivity index (χ3n) is 3.42. The summed E-state index contributed by atoms with van der Waals surface area (Å²) >= 11 is 3.34. The Labute approximate surface area is 152 Å². The monoisotopic (exact) mass is 406 g/mol. The quantitative estimate of drug-likeness (QED) is 0.431. The molecule has 2 aromatic rings. The molecule has 0 heterocycles. The molecule has 0 aliphatic rings. The molecule has 0 aliphatic heterocycles. The second-order valence-electron chi connectivity index (χ2n) is 5.23.